The Bertz CT molecular complexity index is 935. The van der Waals surface area contributed by atoms with Crippen molar-refractivity contribution in [3.63, 3.8) is 0 Å². The molecule has 2 heterocycles. The second kappa shape index (κ2) is 8.43. The molecule has 1 N–H and O–H groups in total. The van der Waals surface area contributed by atoms with E-state index in [-0.39, 0.29) is 23.8 Å². The summed E-state index contributed by atoms with van der Waals surface area (Å²) in [6, 6.07) is 0. The molecule has 2 aromatic rings. The number of aryl methyl sites for hydroxylation is 1. The zero-order valence-electron chi connectivity index (χ0n) is 15.7. The van der Waals surface area contributed by atoms with E-state index in [1.165, 1.54) is 29.3 Å². The fourth-order valence-corrected chi connectivity index (χ4v) is 5.53. The van der Waals surface area contributed by atoms with Crippen LogP contribution in [-0.2, 0) is 33.7 Å². The number of methoxy groups -OCH3 is 1. The van der Waals surface area contributed by atoms with Gasteiger partial charge in [0, 0.05) is 11.4 Å². The number of ether oxygens (including phenoxy) is 1. The first kappa shape index (κ1) is 19.9. The Morgan fingerprint density at radius 1 is 1.44 bits per heavy atom. The molecule has 1 amide bonds. The molecule has 0 aliphatic heterocycles. The summed E-state index contributed by atoms with van der Waals surface area (Å²) in [6.07, 6.45) is 3.03. The van der Waals surface area contributed by atoms with E-state index in [9.17, 15) is 14.4 Å². The number of hydrogen-bond donors (Lipinski definition) is 1. The van der Waals surface area contributed by atoms with Crippen molar-refractivity contribution in [3.8, 4) is 0 Å². The van der Waals surface area contributed by atoms with Gasteiger partial charge in [0.15, 0.2) is 5.16 Å². The zero-order chi connectivity index (χ0) is 19.6. The summed E-state index contributed by atoms with van der Waals surface area (Å²) < 4.78 is 6.12. The third-order valence-electron chi connectivity index (χ3n) is 4.69. The van der Waals surface area contributed by atoms with Crippen LogP contribution >= 0.6 is 23.1 Å². The Morgan fingerprint density at radius 2 is 2.22 bits per heavy atom. The largest absolute Gasteiger partial charge is 0.468 e. The number of aromatic nitrogens is 2. The molecule has 0 spiro atoms. The number of esters is 1. The van der Waals surface area contributed by atoms with E-state index in [1.54, 1.807) is 15.9 Å². The Balaban J connectivity index is 1.84. The van der Waals surface area contributed by atoms with Crippen LogP contribution in [0.5, 0.6) is 0 Å². The molecule has 0 saturated carbocycles. The van der Waals surface area contributed by atoms with Gasteiger partial charge in [-0.1, -0.05) is 18.7 Å². The minimum Gasteiger partial charge on any atom is -0.468 e. The molecular formula is C18H23N3O4S2. The van der Waals surface area contributed by atoms with Crippen LogP contribution in [0.2, 0.25) is 0 Å². The van der Waals surface area contributed by atoms with Gasteiger partial charge in [-0.3, -0.25) is 19.0 Å². The van der Waals surface area contributed by atoms with E-state index in [4.69, 9.17) is 4.98 Å². The summed E-state index contributed by atoms with van der Waals surface area (Å²) in [4.78, 5) is 42.8. The summed E-state index contributed by atoms with van der Waals surface area (Å²) in [6.45, 7) is 4.46. The van der Waals surface area contributed by atoms with Crippen molar-refractivity contribution in [2.75, 3.05) is 19.4 Å². The normalized spacial score (nSPS) is 16.2. The lowest BCUT2D eigenvalue weighted by Gasteiger charge is -2.17. The highest BCUT2D eigenvalue weighted by atomic mass is 32.2. The molecule has 9 heteroatoms. The van der Waals surface area contributed by atoms with Gasteiger partial charge in [0.2, 0.25) is 5.91 Å². The summed E-state index contributed by atoms with van der Waals surface area (Å²) >= 11 is 2.81. The maximum Gasteiger partial charge on any atom is 0.325 e. The van der Waals surface area contributed by atoms with Crippen LogP contribution in [-0.4, -0.2) is 40.8 Å². The maximum absolute atomic E-state index is 13.0. The van der Waals surface area contributed by atoms with Gasteiger partial charge >= 0.3 is 5.97 Å². The van der Waals surface area contributed by atoms with Crippen LogP contribution in [0.15, 0.2) is 9.95 Å². The first-order valence-electron chi connectivity index (χ1n) is 8.96. The van der Waals surface area contributed by atoms with Crippen molar-refractivity contribution >= 4 is 45.2 Å². The molecule has 146 valence electrons. The second-order valence-corrected chi connectivity index (χ2v) is 8.64. The number of rotatable bonds is 6. The molecule has 0 aromatic carbocycles. The molecule has 3 rings (SSSR count). The van der Waals surface area contributed by atoms with E-state index < -0.39 is 5.97 Å². The molecule has 7 nitrogen and oxygen atoms in total. The number of nitrogens with one attached hydrogen (secondary N) is 1. The van der Waals surface area contributed by atoms with E-state index in [0.29, 0.717) is 17.6 Å². The summed E-state index contributed by atoms with van der Waals surface area (Å²) in [7, 11) is 1.27. The second-order valence-electron chi connectivity index (χ2n) is 6.62. The minimum atomic E-state index is -0.503. The summed E-state index contributed by atoms with van der Waals surface area (Å²) in [5, 5.41) is 3.78. The number of carbonyl (C=O) groups is 2. The van der Waals surface area contributed by atoms with Gasteiger partial charge in [0.1, 0.15) is 11.4 Å². The van der Waals surface area contributed by atoms with Gasteiger partial charge in [0.25, 0.3) is 5.56 Å². The van der Waals surface area contributed by atoms with Crippen LogP contribution in [0.1, 0.15) is 30.7 Å². The molecule has 0 radical (unpaired) electrons. The number of thiophene rings is 1. The zero-order valence-corrected chi connectivity index (χ0v) is 17.3. The van der Waals surface area contributed by atoms with E-state index >= 15 is 0 Å². The Morgan fingerprint density at radius 3 is 2.93 bits per heavy atom. The van der Waals surface area contributed by atoms with E-state index in [1.807, 2.05) is 6.92 Å². The van der Waals surface area contributed by atoms with Gasteiger partial charge in [-0.05, 0) is 37.7 Å². The lowest BCUT2D eigenvalue weighted by atomic mass is 9.89. The van der Waals surface area contributed by atoms with Gasteiger partial charge in [-0.2, -0.15) is 0 Å². The Labute approximate surface area is 165 Å². The third-order valence-corrected chi connectivity index (χ3v) is 6.81. The predicted octanol–water partition coefficient (Wildman–Crippen LogP) is 1.98. The van der Waals surface area contributed by atoms with Crippen LogP contribution in [0.4, 0.5) is 0 Å². The molecule has 0 unspecified atom stereocenters. The predicted molar refractivity (Wildman–Crippen MR) is 106 cm³/mol. The fraction of sp³-hybridized carbons (Fsp3) is 0.556. The first-order chi connectivity index (χ1) is 12.9. The van der Waals surface area contributed by atoms with Gasteiger partial charge < -0.3 is 10.1 Å². The summed E-state index contributed by atoms with van der Waals surface area (Å²) in [5.74, 6) is -0.0957. The monoisotopic (exact) mass is 409 g/mol. The van der Waals surface area contributed by atoms with Crippen molar-refractivity contribution in [1.82, 2.24) is 14.9 Å². The molecule has 0 bridgehead atoms. The SMILES string of the molecule is CCn1c(SCC(=O)NCC(=O)OC)nc2sc3c(c2c1=O)CC[C@H](C)C3. The first-order valence-corrected chi connectivity index (χ1v) is 10.8. The van der Waals surface area contributed by atoms with Crippen LogP contribution < -0.4 is 10.9 Å². The molecule has 1 atom stereocenters. The number of nitrogens with zero attached hydrogens (tertiary/aromatic N) is 2. The van der Waals surface area contributed by atoms with Crippen molar-refractivity contribution < 1.29 is 14.3 Å². The van der Waals surface area contributed by atoms with Gasteiger partial charge in [-0.25, -0.2) is 4.98 Å². The average Bonchev–Trinajstić information content (AvgIpc) is 3.01. The third kappa shape index (κ3) is 4.19. The lowest BCUT2D eigenvalue weighted by molar-refractivity contribution is -0.140. The van der Waals surface area contributed by atoms with Crippen molar-refractivity contribution in [2.24, 2.45) is 5.92 Å². The number of fused-ring (bicyclic) bond motifs is 3. The molecule has 0 fully saturated rings. The summed E-state index contributed by atoms with van der Waals surface area (Å²) in [5.41, 5.74) is 1.15. The van der Waals surface area contributed by atoms with Gasteiger partial charge in [0.05, 0.1) is 18.2 Å². The van der Waals surface area contributed by atoms with E-state index in [0.717, 1.165) is 29.5 Å². The Kier molecular flexibility index (Phi) is 6.21. The van der Waals surface area contributed by atoms with Crippen molar-refractivity contribution in [3.05, 3.63) is 20.8 Å². The molecule has 2 aromatic heterocycles. The molecular weight excluding hydrogens is 386 g/mol. The number of amides is 1. The topological polar surface area (TPSA) is 90.3 Å². The highest BCUT2D eigenvalue weighted by Crippen LogP contribution is 2.36. The number of thioether (sulfide) groups is 1. The smallest absolute Gasteiger partial charge is 0.325 e. The average molecular weight is 410 g/mol. The molecule has 1 aliphatic carbocycles. The molecule has 1 aliphatic rings. The standard InChI is InChI=1S/C18H23N3O4S2/c1-4-21-17(24)15-11-6-5-10(2)7-12(11)27-16(15)20-18(21)26-9-13(22)19-8-14(23)25-3/h10H,4-9H2,1-3H3,(H,19,22)/t10-/m0/s1. The Hall–Kier alpha value is -1.87. The fourth-order valence-electron chi connectivity index (χ4n) is 3.22. The van der Waals surface area contributed by atoms with Crippen LogP contribution in [0.3, 0.4) is 0 Å². The molecule has 27 heavy (non-hydrogen) atoms. The van der Waals surface area contributed by atoms with Gasteiger partial charge in [-0.15, -0.1) is 11.3 Å². The quantitative estimate of drug-likeness (QED) is 0.446. The van der Waals surface area contributed by atoms with E-state index in [2.05, 4.69) is 17.0 Å². The lowest BCUT2D eigenvalue weighted by Crippen LogP contribution is -2.31. The van der Waals surface area contributed by atoms with Crippen LogP contribution in [0, 0.1) is 5.92 Å². The highest BCUT2D eigenvalue weighted by Gasteiger charge is 2.24. The number of carbonyl (C=O) groups excluding carboxylic acids is 2. The van der Waals surface area contributed by atoms with Crippen molar-refractivity contribution in [2.45, 2.75) is 44.8 Å². The number of hydrogen-bond acceptors (Lipinski definition) is 7. The minimum absolute atomic E-state index is 0.0213. The van der Waals surface area contributed by atoms with Crippen LogP contribution in [0.25, 0.3) is 10.2 Å². The maximum atomic E-state index is 13.0. The van der Waals surface area contributed by atoms with Crippen molar-refractivity contribution in [1.29, 1.82) is 0 Å². The molecule has 0 saturated heterocycles. The highest BCUT2D eigenvalue weighted by molar-refractivity contribution is 7.99.